The second-order valence-corrected chi connectivity index (χ2v) is 6.55. The Morgan fingerprint density at radius 1 is 1.09 bits per heavy atom. The van der Waals surface area contributed by atoms with Gasteiger partial charge in [0.1, 0.15) is 0 Å². The van der Waals surface area contributed by atoms with Gasteiger partial charge in [0.2, 0.25) is 0 Å². The van der Waals surface area contributed by atoms with Crippen molar-refractivity contribution in [2.75, 3.05) is 37.3 Å². The lowest BCUT2D eigenvalue weighted by molar-refractivity contribution is 0.0746. The first-order chi connectivity index (χ1) is 11.2. The van der Waals surface area contributed by atoms with E-state index in [1.807, 2.05) is 54.7 Å². The van der Waals surface area contributed by atoms with Gasteiger partial charge in [0, 0.05) is 54.7 Å². The normalized spacial score (nSPS) is 14.9. The molecule has 2 heterocycles. The maximum Gasteiger partial charge on any atom is 0.254 e. The molecule has 0 bridgehead atoms. The fraction of sp³-hybridized carbons (Fsp3) is 0.333. The van der Waals surface area contributed by atoms with Crippen LogP contribution >= 0.6 is 11.8 Å². The van der Waals surface area contributed by atoms with Crippen LogP contribution in [0, 0.1) is 6.92 Å². The molecule has 1 fully saturated rings. The van der Waals surface area contributed by atoms with Crippen LogP contribution < -0.4 is 4.90 Å². The number of amides is 1. The van der Waals surface area contributed by atoms with Crippen molar-refractivity contribution in [1.82, 2.24) is 9.88 Å². The van der Waals surface area contributed by atoms with E-state index in [2.05, 4.69) is 16.0 Å². The highest BCUT2D eigenvalue weighted by atomic mass is 32.2. The number of hydrogen-bond acceptors (Lipinski definition) is 4. The largest absolute Gasteiger partial charge is 0.368 e. The zero-order valence-corrected chi connectivity index (χ0v) is 14.3. The molecule has 1 amide bonds. The average Bonchev–Trinajstić information content (AvgIpc) is 2.62. The van der Waals surface area contributed by atoms with Gasteiger partial charge in [-0.2, -0.15) is 0 Å². The summed E-state index contributed by atoms with van der Waals surface area (Å²) in [5.74, 6) is 0.146. The van der Waals surface area contributed by atoms with Crippen LogP contribution in [-0.2, 0) is 0 Å². The zero-order valence-electron chi connectivity index (χ0n) is 13.5. The number of aromatic nitrogens is 1. The molecular weight excluding hydrogens is 306 g/mol. The Labute approximate surface area is 141 Å². The third kappa shape index (κ3) is 3.50. The summed E-state index contributed by atoms with van der Waals surface area (Å²) in [4.78, 5) is 22.3. The van der Waals surface area contributed by atoms with Gasteiger partial charge in [-0.1, -0.05) is 6.07 Å². The number of anilines is 1. The van der Waals surface area contributed by atoms with Crippen molar-refractivity contribution >= 4 is 23.4 Å². The number of carbonyl (C=O) groups excluding carboxylic acids is 1. The van der Waals surface area contributed by atoms with Crippen LogP contribution in [0.25, 0.3) is 0 Å². The van der Waals surface area contributed by atoms with E-state index in [0.29, 0.717) is 0 Å². The number of hydrogen-bond donors (Lipinski definition) is 0. The lowest BCUT2D eigenvalue weighted by atomic mass is 10.1. The summed E-state index contributed by atoms with van der Waals surface area (Å²) in [7, 11) is 0. The summed E-state index contributed by atoms with van der Waals surface area (Å²) in [5, 5.41) is 0. The van der Waals surface area contributed by atoms with E-state index in [1.54, 1.807) is 11.8 Å². The molecule has 1 saturated heterocycles. The van der Waals surface area contributed by atoms with Crippen molar-refractivity contribution < 1.29 is 4.79 Å². The molecule has 0 spiro atoms. The quantitative estimate of drug-likeness (QED) is 0.812. The van der Waals surface area contributed by atoms with Crippen LogP contribution in [0.15, 0.2) is 47.6 Å². The van der Waals surface area contributed by atoms with E-state index in [4.69, 9.17) is 0 Å². The molecule has 0 atom stereocenters. The summed E-state index contributed by atoms with van der Waals surface area (Å²) in [6.07, 6.45) is 5.65. The lowest BCUT2D eigenvalue weighted by Crippen LogP contribution is -2.49. The van der Waals surface area contributed by atoms with Crippen LogP contribution in [0.5, 0.6) is 0 Å². The molecule has 0 aliphatic carbocycles. The van der Waals surface area contributed by atoms with Gasteiger partial charge < -0.3 is 9.80 Å². The predicted octanol–water partition coefficient (Wildman–Crippen LogP) is 3.07. The standard InChI is InChI=1S/C18H21N3OS/c1-14-3-4-16(23-2)13-17(14)18(22)21-11-9-20(10-12-21)15-5-7-19-8-6-15/h3-8,13H,9-12H2,1-2H3. The first-order valence-electron chi connectivity index (χ1n) is 7.78. The molecule has 5 heteroatoms. The second-order valence-electron chi connectivity index (χ2n) is 5.67. The van der Waals surface area contributed by atoms with Gasteiger partial charge in [-0.05, 0) is 43.0 Å². The molecule has 0 radical (unpaired) electrons. The number of thioether (sulfide) groups is 1. The highest BCUT2D eigenvalue weighted by Crippen LogP contribution is 2.22. The molecule has 0 saturated carbocycles. The zero-order chi connectivity index (χ0) is 16.2. The predicted molar refractivity (Wildman–Crippen MR) is 95.3 cm³/mol. The van der Waals surface area contributed by atoms with Crippen LogP contribution in [0.4, 0.5) is 5.69 Å². The van der Waals surface area contributed by atoms with Crippen molar-refractivity contribution in [3.63, 3.8) is 0 Å². The number of rotatable bonds is 3. The van der Waals surface area contributed by atoms with Crippen molar-refractivity contribution in [2.45, 2.75) is 11.8 Å². The van der Waals surface area contributed by atoms with E-state index in [0.717, 1.165) is 42.2 Å². The van der Waals surface area contributed by atoms with Crippen LogP contribution in [0.2, 0.25) is 0 Å². The number of benzene rings is 1. The Kier molecular flexibility index (Phi) is 4.86. The number of carbonyl (C=O) groups is 1. The highest BCUT2D eigenvalue weighted by molar-refractivity contribution is 7.98. The molecule has 4 nitrogen and oxygen atoms in total. The molecule has 3 rings (SSSR count). The smallest absolute Gasteiger partial charge is 0.254 e. The molecule has 1 aliphatic rings. The molecule has 120 valence electrons. The van der Waals surface area contributed by atoms with Crippen LogP contribution in [-0.4, -0.2) is 48.2 Å². The molecule has 23 heavy (non-hydrogen) atoms. The molecule has 0 N–H and O–H groups in total. The summed E-state index contributed by atoms with van der Waals surface area (Å²) < 4.78 is 0. The number of nitrogens with zero attached hydrogens (tertiary/aromatic N) is 3. The minimum Gasteiger partial charge on any atom is -0.368 e. The molecule has 0 unspecified atom stereocenters. The van der Waals surface area contributed by atoms with Crippen molar-refractivity contribution in [2.24, 2.45) is 0 Å². The maximum atomic E-state index is 12.8. The monoisotopic (exact) mass is 327 g/mol. The topological polar surface area (TPSA) is 36.4 Å². The van der Waals surface area contributed by atoms with Gasteiger partial charge in [0.25, 0.3) is 5.91 Å². The van der Waals surface area contributed by atoms with Gasteiger partial charge >= 0.3 is 0 Å². The molecule has 1 aromatic carbocycles. The van der Waals surface area contributed by atoms with Crippen molar-refractivity contribution in [3.05, 3.63) is 53.9 Å². The Bertz CT molecular complexity index is 682. The molecular formula is C18H21N3OS. The van der Waals surface area contributed by atoms with Crippen LogP contribution in [0.3, 0.4) is 0 Å². The Morgan fingerprint density at radius 3 is 2.43 bits per heavy atom. The first-order valence-corrected chi connectivity index (χ1v) is 9.00. The fourth-order valence-electron chi connectivity index (χ4n) is 2.85. The summed E-state index contributed by atoms with van der Waals surface area (Å²) in [6, 6.07) is 10.1. The van der Waals surface area contributed by atoms with E-state index >= 15 is 0 Å². The third-order valence-corrected chi connectivity index (χ3v) is 5.00. The van der Waals surface area contributed by atoms with Crippen LogP contribution in [0.1, 0.15) is 15.9 Å². The average molecular weight is 327 g/mol. The van der Waals surface area contributed by atoms with Gasteiger partial charge in [-0.3, -0.25) is 9.78 Å². The SMILES string of the molecule is CSc1ccc(C)c(C(=O)N2CCN(c3ccncc3)CC2)c1. The number of pyridine rings is 1. The number of aryl methyl sites for hydroxylation is 1. The lowest BCUT2D eigenvalue weighted by Gasteiger charge is -2.36. The second kappa shape index (κ2) is 7.04. The Morgan fingerprint density at radius 2 is 1.78 bits per heavy atom. The molecule has 1 aliphatic heterocycles. The first kappa shape index (κ1) is 15.9. The summed E-state index contributed by atoms with van der Waals surface area (Å²) in [6.45, 7) is 5.23. The Balaban J connectivity index is 1.69. The van der Waals surface area contributed by atoms with E-state index in [9.17, 15) is 4.79 Å². The highest BCUT2D eigenvalue weighted by Gasteiger charge is 2.23. The molecule has 2 aromatic rings. The van der Waals surface area contributed by atoms with Gasteiger partial charge in [0.15, 0.2) is 0 Å². The van der Waals surface area contributed by atoms with E-state index < -0.39 is 0 Å². The van der Waals surface area contributed by atoms with Gasteiger partial charge in [0.05, 0.1) is 0 Å². The van der Waals surface area contributed by atoms with Crippen molar-refractivity contribution in [1.29, 1.82) is 0 Å². The minimum atomic E-state index is 0.146. The Hall–Kier alpha value is -2.01. The number of piperazine rings is 1. The van der Waals surface area contributed by atoms with Gasteiger partial charge in [-0.25, -0.2) is 0 Å². The third-order valence-electron chi connectivity index (χ3n) is 4.27. The maximum absolute atomic E-state index is 12.8. The molecule has 1 aromatic heterocycles. The van der Waals surface area contributed by atoms with E-state index in [-0.39, 0.29) is 5.91 Å². The van der Waals surface area contributed by atoms with Crippen molar-refractivity contribution in [3.8, 4) is 0 Å². The minimum absolute atomic E-state index is 0.146. The fourth-order valence-corrected chi connectivity index (χ4v) is 3.29. The van der Waals surface area contributed by atoms with Gasteiger partial charge in [-0.15, -0.1) is 11.8 Å². The summed E-state index contributed by atoms with van der Waals surface area (Å²) >= 11 is 1.67. The van der Waals surface area contributed by atoms with E-state index in [1.165, 1.54) is 5.69 Å². The summed E-state index contributed by atoms with van der Waals surface area (Å²) in [5.41, 5.74) is 3.05.